The molecule has 1 aromatic rings. The summed E-state index contributed by atoms with van der Waals surface area (Å²) in [6.45, 7) is 0.337. The predicted molar refractivity (Wildman–Crippen MR) is 71.4 cm³/mol. The number of aliphatic hydroxyl groups is 2. The fourth-order valence-electron chi connectivity index (χ4n) is 2.27. The van der Waals surface area contributed by atoms with E-state index in [2.05, 4.69) is 16.8 Å². The lowest BCUT2D eigenvalue weighted by molar-refractivity contribution is -0.0782. The number of H-pyrrole nitrogens is 1. The number of nitrogens with zero attached hydrogens (tertiary/aromatic N) is 2. The quantitative estimate of drug-likeness (QED) is 0.433. The maximum Gasteiger partial charge on any atom is 0.350 e. The molecule has 5 atom stereocenters. The second-order valence-electron chi connectivity index (χ2n) is 4.89. The summed E-state index contributed by atoms with van der Waals surface area (Å²) in [6, 6.07) is 0. The van der Waals surface area contributed by atoms with Crippen LogP contribution in [0.4, 0.5) is 4.39 Å². The average molecular weight is 314 g/mol. The molecule has 2 rings (SSSR count). The van der Waals surface area contributed by atoms with Gasteiger partial charge in [-0.3, -0.25) is 9.55 Å². The molecule has 5 N–H and O–H groups in total. The van der Waals surface area contributed by atoms with Crippen LogP contribution in [0.15, 0.2) is 15.9 Å². The van der Waals surface area contributed by atoms with Crippen LogP contribution in [0.5, 0.6) is 0 Å². The van der Waals surface area contributed by atoms with Crippen LogP contribution in [0.3, 0.4) is 0 Å². The van der Waals surface area contributed by atoms with E-state index in [0.717, 1.165) is 10.9 Å². The molecule has 0 amide bonds. The molecule has 120 valence electrons. The zero-order valence-electron chi connectivity index (χ0n) is 11.6. The highest BCUT2D eigenvalue weighted by molar-refractivity contribution is 5.26. The molecule has 9 nitrogen and oxygen atoms in total. The molecule has 0 aromatic carbocycles. The summed E-state index contributed by atoms with van der Waals surface area (Å²) in [6.07, 6.45) is -4.25. The molecular formula is C12H15FN4O5. The van der Waals surface area contributed by atoms with Crippen LogP contribution in [0.1, 0.15) is 13.2 Å². The third-order valence-corrected chi connectivity index (χ3v) is 3.34. The van der Waals surface area contributed by atoms with Gasteiger partial charge in [0.2, 0.25) is 0 Å². The van der Waals surface area contributed by atoms with Crippen molar-refractivity contribution in [2.45, 2.75) is 37.0 Å². The van der Waals surface area contributed by atoms with Crippen molar-refractivity contribution in [2.24, 2.45) is 5.73 Å². The van der Waals surface area contributed by atoms with Gasteiger partial charge in [0.15, 0.2) is 11.8 Å². The summed E-state index contributed by atoms with van der Waals surface area (Å²) >= 11 is 0. The molecule has 0 saturated carbocycles. The number of alkyl halides is 1. The van der Waals surface area contributed by atoms with Crippen molar-refractivity contribution in [1.29, 1.82) is 0 Å². The molecule has 0 bridgehead atoms. The molecule has 1 aliphatic heterocycles. The largest absolute Gasteiger partial charge is 0.391 e. The van der Waals surface area contributed by atoms with Gasteiger partial charge < -0.3 is 20.7 Å². The topological polar surface area (TPSA) is 143 Å². The summed E-state index contributed by atoms with van der Waals surface area (Å²) in [5, 5.41) is 19.9. The standard InChI is InChI=1S/C12H15FN4O5/c1-6(18)7-8(19)12(14,3-2-4-13)9(22-7)17-5-15-10(20)16-11(17)21/h5-9,18-19H,4,14H2,1H3,(H,16,20,21)/t6-,7+,8?,9+,12+/m0/s1. The Morgan fingerprint density at radius 1 is 1.68 bits per heavy atom. The second kappa shape index (κ2) is 5.98. The first-order chi connectivity index (χ1) is 10.3. The first-order valence-electron chi connectivity index (χ1n) is 6.35. The SMILES string of the molecule is C[C@H](O)[C@H]1O[C@@H](n2cnc(=O)[nH]c2=O)[C@@](N)(C#CCF)C1O. The Labute approximate surface area is 123 Å². The van der Waals surface area contributed by atoms with E-state index in [1.165, 1.54) is 6.92 Å². The van der Waals surface area contributed by atoms with Gasteiger partial charge >= 0.3 is 11.4 Å². The molecule has 1 fully saturated rings. The van der Waals surface area contributed by atoms with Gasteiger partial charge in [-0.05, 0) is 6.92 Å². The number of halogens is 1. The van der Waals surface area contributed by atoms with Gasteiger partial charge in [0, 0.05) is 0 Å². The van der Waals surface area contributed by atoms with Crippen molar-refractivity contribution in [1.82, 2.24) is 14.5 Å². The Morgan fingerprint density at radius 2 is 2.36 bits per heavy atom. The number of hydrogen-bond donors (Lipinski definition) is 4. The molecule has 0 aliphatic carbocycles. The molecular weight excluding hydrogens is 299 g/mol. The Bertz CT molecular complexity index is 720. The fourth-order valence-corrected chi connectivity index (χ4v) is 2.27. The molecule has 1 aromatic heterocycles. The molecule has 1 aliphatic rings. The lowest BCUT2D eigenvalue weighted by atomic mass is 9.90. The van der Waals surface area contributed by atoms with Gasteiger partial charge in [0.05, 0.1) is 6.10 Å². The predicted octanol–water partition coefficient (Wildman–Crippen LogP) is -2.76. The minimum absolute atomic E-state index is 0.819. The van der Waals surface area contributed by atoms with Crippen LogP contribution >= 0.6 is 0 Å². The molecule has 22 heavy (non-hydrogen) atoms. The van der Waals surface area contributed by atoms with Gasteiger partial charge in [-0.1, -0.05) is 11.8 Å². The van der Waals surface area contributed by atoms with E-state index in [9.17, 15) is 24.2 Å². The molecule has 2 heterocycles. The lowest BCUT2D eigenvalue weighted by Crippen LogP contribution is -2.55. The number of rotatable bonds is 2. The Balaban J connectivity index is 2.55. The van der Waals surface area contributed by atoms with E-state index in [1.807, 2.05) is 4.98 Å². The van der Waals surface area contributed by atoms with Crippen molar-refractivity contribution < 1.29 is 19.3 Å². The van der Waals surface area contributed by atoms with Crippen molar-refractivity contribution in [3.63, 3.8) is 0 Å². The number of aromatic amines is 1. The van der Waals surface area contributed by atoms with Crippen LogP contribution < -0.4 is 17.1 Å². The summed E-state index contributed by atoms with van der Waals surface area (Å²) in [5.41, 5.74) is 2.37. The van der Waals surface area contributed by atoms with E-state index in [1.54, 1.807) is 0 Å². The smallest absolute Gasteiger partial charge is 0.350 e. The van der Waals surface area contributed by atoms with Gasteiger partial charge in [-0.15, -0.1) is 0 Å². The Morgan fingerprint density at radius 3 is 2.91 bits per heavy atom. The zero-order valence-corrected chi connectivity index (χ0v) is 11.6. The highest BCUT2D eigenvalue weighted by atomic mass is 19.1. The summed E-state index contributed by atoms with van der Waals surface area (Å²) in [5.74, 6) is 4.40. The second-order valence-corrected chi connectivity index (χ2v) is 4.89. The number of hydrogen-bond acceptors (Lipinski definition) is 7. The van der Waals surface area contributed by atoms with Crippen molar-refractivity contribution in [3.05, 3.63) is 27.3 Å². The van der Waals surface area contributed by atoms with E-state index in [4.69, 9.17) is 10.5 Å². The number of nitrogens with two attached hydrogens (primary N) is 1. The van der Waals surface area contributed by atoms with Crippen LogP contribution in [0, 0.1) is 11.8 Å². The van der Waals surface area contributed by atoms with E-state index in [0.29, 0.717) is 0 Å². The minimum Gasteiger partial charge on any atom is -0.391 e. The lowest BCUT2D eigenvalue weighted by Gasteiger charge is -2.27. The molecule has 10 heteroatoms. The fraction of sp³-hybridized carbons (Fsp3) is 0.583. The molecule has 0 radical (unpaired) electrons. The highest BCUT2D eigenvalue weighted by Gasteiger charge is 2.55. The van der Waals surface area contributed by atoms with Gasteiger partial charge in [0.1, 0.15) is 25.2 Å². The highest BCUT2D eigenvalue weighted by Crippen LogP contribution is 2.36. The number of aliphatic hydroxyl groups excluding tert-OH is 2. The van der Waals surface area contributed by atoms with Crippen molar-refractivity contribution in [2.75, 3.05) is 6.67 Å². The Hall–Kier alpha value is -2.06. The average Bonchev–Trinajstić information content (AvgIpc) is 2.70. The summed E-state index contributed by atoms with van der Waals surface area (Å²) < 4.78 is 18.6. The number of ether oxygens (including phenoxy) is 1. The normalized spacial score (nSPS) is 32.3. The van der Waals surface area contributed by atoms with Gasteiger partial charge in [0.25, 0.3) is 0 Å². The third kappa shape index (κ3) is 2.67. The van der Waals surface area contributed by atoms with Crippen molar-refractivity contribution in [3.8, 4) is 11.8 Å². The molecule has 1 unspecified atom stereocenters. The van der Waals surface area contributed by atoms with E-state index in [-0.39, 0.29) is 0 Å². The number of nitrogens with one attached hydrogen (secondary N) is 1. The summed E-state index contributed by atoms with van der Waals surface area (Å²) in [7, 11) is 0. The maximum absolute atomic E-state index is 12.3. The molecule has 0 spiro atoms. The third-order valence-electron chi connectivity index (χ3n) is 3.34. The maximum atomic E-state index is 12.3. The van der Waals surface area contributed by atoms with Crippen molar-refractivity contribution >= 4 is 0 Å². The first kappa shape index (κ1) is 16.3. The Kier molecular flexibility index (Phi) is 4.43. The van der Waals surface area contributed by atoms with Crippen LogP contribution in [0.25, 0.3) is 0 Å². The van der Waals surface area contributed by atoms with Crippen LogP contribution in [0.2, 0.25) is 0 Å². The zero-order chi connectivity index (χ0) is 16.5. The van der Waals surface area contributed by atoms with Crippen LogP contribution in [-0.4, -0.2) is 55.3 Å². The minimum atomic E-state index is -1.86. The van der Waals surface area contributed by atoms with Crippen LogP contribution in [-0.2, 0) is 4.74 Å². The number of aromatic nitrogens is 3. The van der Waals surface area contributed by atoms with E-state index >= 15 is 0 Å². The summed E-state index contributed by atoms with van der Waals surface area (Å²) in [4.78, 5) is 28.1. The van der Waals surface area contributed by atoms with Gasteiger partial charge in [-0.2, -0.15) is 4.98 Å². The first-order valence-corrected chi connectivity index (χ1v) is 6.35. The van der Waals surface area contributed by atoms with Gasteiger partial charge in [-0.25, -0.2) is 14.0 Å². The molecule has 1 saturated heterocycles. The van der Waals surface area contributed by atoms with E-state index < -0.39 is 48.1 Å². The monoisotopic (exact) mass is 314 g/mol.